The van der Waals surface area contributed by atoms with Gasteiger partial charge >= 0.3 is 0 Å². The molecular formula is C15H21Cl2NO2S. The molecule has 0 radical (unpaired) electrons. The number of hydrogen-bond donors (Lipinski definition) is 0. The molecule has 1 aliphatic rings. The van der Waals surface area contributed by atoms with Crippen LogP contribution in [-0.4, -0.2) is 25.3 Å². The fraction of sp³-hybridized carbons (Fsp3) is 0.600. The van der Waals surface area contributed by atoms with Crippen LogP contribution in [0.5, 0.6) is 0 Å². The summed E-state index contributed by atoms with van der Waals surface area (Å²) in [6, 6.07) is 4.90. The topological polar surface area (TPSA) is 37.4 Å². The number of halogens is 2. The van der Waals surface area contributed by atoms with Crippen molar-refractivity contribution in [2.24, 2.45) is 0 Å². The minimum Gasteiger partial charge on any atom is -0.207 e. The molecule has 0 aromatic heterocycles. The molecule has 0 aliphatic carbocycles. The average Bonchev–Trinajstić information content (AvgIpc) is 2.48. The van der Waals surface area contributed by atoms with Gasteiger partial charge in [0.05, 0.1) is 4.90 Å². The summed E-state index contributed by atoms with van der Waals surface area (Å²) in [5.41, 5.74) is 0.656. The first-order valence-electron chi connectivity index (χ1n) is 7.37. The van der Waals surface area contributed by atoms with Crippen molar-refractivity contribution in [2.45, 2.75) is 55.8 Å². The Hall–Kier alpha value is -0.290. The fourth-order valence-corrected chi connectivity index (χ4v) is 5.11. The van der Waals surface area contributed by atoms with Crippen molar-refractivity contribution in [3.8, 4) is 0 Å². The second-order valence-corrected chi connectivity index (χ2v) is 8.01. The Morgan fingerprint density at radius 3 is 2.76 bits per heavy atom. The zero-order chi connectivity index (χ0) is 15.5. The van der Waals surface area contributed by atoms with Crippen LogP contribution in [0.4, 0.5) is 0 Å². The predicted octanol–water partition coefficient (Wildman–Crippen LogP) is 4.42. The highest BCUT2D eigenvalue weighted by atomic mass is 35.5. The third-order valence-electron chi connectivity index (χ3n) is 3.96. The Morgan fingerprint density at radius 2 is 2.10 bits per heavy atom. The molecule has 1 fully saturated rings. The van der Waals surface area contributed by atoms with E-state index in [1.54, 1.807) is 22.5 Å². The maximum Gasteiger partial charge on any atom is 0.243 e. The lowest BCUT2D eigenvalue weighted by Crippen LogP contribution is -2.43. The number of alkyl halides is 1. The van der Waals surface area contributed by atoms with Gasteiger partial charge in [0.15, 0.2) is 0 Å². The zero-order valence-electron chi connectivity index (χ0n) is 12.2. The van der Waals surface area contributed by atoms with E-state index in [4.69, 9.17) is 23.2 Å². The fourth-order valence-electron chi connectivity index (χ4n) is 2.86. The van der Waals surface area contributed by atoms with Crippen molar-refractivity contribution in [3.05, 3.63) is 28.8 Å². The van der Waals surface area contributed by atoms with E-state index in [1.807, 2.05) is 0 Å². The van der Waals surface area contributed by atoms with Crippen LogP contribution in [0, 0.1) is 0 Å². The Labute approximate surface area is 137 Å². The second-order valence-electron chi connectivity index (χ2n) is 5.44. The highest BCUT2D eigenvalue weighted by Gasteiger charge is 2.33. The molecule has 1 atom stereocenters. The van der Waals surface area contributed by atoms with Crippen LogP contribution in [-0.2, 0) is 15.9 Å². The summed E-state index contributed by atoms with van der Waals surface area (Å²) < 4.78 is 27.5. The van der Waals surface area contributed by atoms with E-state index in [0.29, 0.717) is 22.0 Å². The van der Waals surface area contributed by atoms with Crippen LogP contribution in [0.25, 0.3) is 0 Å². The van der Waals surface area contributed by atoms with Crippen LogP contribution < -0.4 is 0 Å². The quantitative estimate of drug-likeness (QED) is 0.737. The highest BCUT2D eigenvalue weighted by molar-refractivity contribution is 7.89. The lowest BCUT2D eigenvalue weighted by atomic mass is 10.0. The first-order chi connectivity index (χ1) is 10.0. The van der Waals surface area contributed by atoms with Gasteiger partial charge in [-0.15, -0.1) is 11.6 Å². The molecule has 6 heteroatoms. The second kappa shape index (κ2) is 7.32. The van der Waals surface area contributed by atoms with E-state index in [2.05, 4.69) is 6.92 Å². The number of sulfonamides is 1. The average molecular weight is 350 g/mol. The standard InChI is InChI=1S/C15H21Cl2NO2S/c1-2-5-13-6-3-4-9-18(13)21(19,20)14-7-8-15(17)12(10-14)11-16/h7-8,10,13H,2-6,9,11H2,1H3. The lowest BCUT2D eigenvalue weighted by Gasteiger charge is -2.34. The number of rotatable bonds is 5. The molecule has 1 aromatic rings. The number of piperidine rings is 1. The van der Waals surface area contributed by atoms with Crippen LogP contribution in [0.15, 0.2) is 23.1 Å². The molecule has 3 nitrogen and oxygen atoms in total. The number of benzene rings is 1. The molecular weight excluding hydrogens is 329 g/mol. The molecule has 21 heavy (non-hydrogen) atoms. The SMILES string of the molecule is CCCC1CCCCN1S(=O)(=O)c1ccc(Cl)c(CCl)c1. The van der Waals surface area contributed by atoms with Gasteiger partial charge in [-0.1, -0.05) is 31.4 Å². The van der Waals surface area contributed by atoms with Crippen molar-refractivity contribution in [2.75, 3.05) is 6.54 Å². The van der Waals surface area contributed by atoms with E-state index in [0.717, 1.165) is 32.1 Å². The molecule has 1 aromatic carbocycles. The molecule has 1 unspecified atom stereocenters. The van der Waals surface area contributed by atoms with Crippen LogP contribution >= 0.6 is 23.2 Å². The van der Waals surface area contributed by atoms with Gasteiger partial charge in [0, 0.05) is 23.5 Å². The van der Waals surface area contributed by atoms with Crippen molar-refractivity contribution in [1.29, 1.82) is 0 Å². The maximum absolute atomic E-state index is 12.9. The summed E-state index contributed by atoms with van der Waals surface area (Å²) in [5.74, 6) is 0.209. The summed E-state index contributed by atoms with van der Waals surface area (Å²) in [7, 11) is -3.47. The summed E-state index contributed by atoms with van der Waals surface area (Å²) in [6.07, 6.45) is 4.88. The molecule has 0 N–H and O–H groups in total. The van der Waals surface area contributed by atoms with Crippen molar-refractivity contribution in [3.63, 3.8) is 0 Å². The van der Waals surface area contributed by atoms with Crippen molar-refractivity contribution in [1.82, 2.24) is 4.31 Å². The smallest absolute Gasteiger partial charge is 0.207 e. The highest BCUT2D eigenvalue weighted by Crippen LogP contribution is 2.30. The van der Waals surface area contributed by atoms with Crippen molar-refractivity contribution < 1.29 is 8.42 Å². The Balaban J connectivity index is 2.35. The van der Waals surface area contributed by atoms with Crippen LogP contribution in [0.2, 0.25) is 5.02 Å². The van der Waals surface area contributed by atoms with Crippen molar-refractivity contribution >= 4 is 33.2 Å². The molecule has 0 saturated carbocycles. The van der Waals surface area contributed by atoms with Gasteiger partial charge < -0.3 is 0 Å². The lowest BCUT2D eigenvalue weighted by molar-refractivity contribution is 0.239. The zero-order valence-corrected chi connectivity index (χ0v) is 14.5. The molecule has 1 heterocycles. The van der Waals surface area contributed by atoms with Gasteiger partial charge in [0.2, 0.25) is 10.0 Å². The molecule has 0 bridgehead atoms. The first kappa shape index (κ1) is 17.1. The summed E-state index contributed by atoms with van der Waals surface area (Å²) in [4.78, 5) is 0.297. The van der Waals surface area contributed by atoms with E-state index < -0.39 is 10.0 Å². The van der Waals surface area contributed by atoms with Gasteiger partial charge in [-0.05, 0) is 43.0 Å². The van der Waals surface area contributed by atoms with Gasteiger partial charge in [0.1, 0.15) is 0 Å². The van der Waals surface area contributed by atoms with E-state index in [-0.39, 0.29) is 11.9 Å². The Bertz CT molecular complexity index is 587. The molecule has 2 rings (SSSR count). The van der Waals surface area contributed by atoms with E-state index in [1.165, 1.54) is 0 Å². The minimum absolute atomic E-state index is 0.115. The molecule has 0 spiro atoms. The largest absolute Gasteiger partial charge is 0.243 e. The molecule has 1 saturated heterocycles. The Morgan fingerprint density at radius 1 is 1.33 bits per heavy atom. The van der Waals surface area contributed by atoms with Crippen LogP contribution in [0.1, 0.15) is 44.6 Å². The summed E-state index contributed by atoms with van der Waals surface area (Å²) in [6.45, 7) is 2.69. The minimum atomic E-state index is -3.47. The third kappa shape index (κ3) is 3.73. The van der Waals surface area contributed by atoms with Gasteiger partial charge in [-0.25, -0.2) is 8.42 Å². The number of hydrogen-bond acceptors (Lipinski definition) is 2. The monoisotopic (exact) mass is 349 g/mol. The van der Waals surface area contributed by atoms with Gasteiger partial charge in [0.25, 0.3) is 0 Å². The first-order valence-corrected chi connectivity index (χ1v) is 9.72. The number of nitrogens with zero attached hydrogens (tertiary/aromatic N) is 1. The molecule has 0 amide bonds. The van der Waals surface area contributed by atoms with Gasteiger partial charge in [-0.3, -0.25) is 0 Å². The van der Waals surface area contributed by atoms with E-state index in [9.17, 15) is 8.42 Å². The third-order valence-corrected chi connectivity index (χ3v) is 6.57. The predicted molar refractivity (Wildman–Crippen MR) is 87.4 cm³/mol. The van der Waals surface area contributed by atoms with E-state index >= 15 is 0 Å². The molecule has 1 aliphatic heterocycles. The van der Waals surface area contributed by atoms with Crippen LogP contribution in [0.3, 0.4) is 0 Å². The summed E-state index contributed by atoms with van der Waals surface area (Å²) >= 11 is 11.8. The maximum atomic E-state index is 12.9. The summed E-state index contributed by atoms with van der Waals surface area (Å²) in [5, 5.41) is 0.507. The van der Waals surface area contributed by atoms with Gasteiger partial charge in [-0.2, -0.15) is 4.31 Å². The Kier molecular flexibility index (Phi) is 5.95. The normalized spacial score (nSPS) is 20.6. The molecule has 118 valence electrons.